The van der Waals surface area contributed by atoms with E-state index in [9.17, 15) is 4.79 Å². The van der Waals surface area contributed by atoms with Crippen molar-refractivity contribution < 1.29 is 9.53 Å². The topological polar surface area (TPSA) is 26.3 Å². The van der Waals surface area contributed by atoms with Crippen LogP contribution in [0.25, 0.3) is 0 Å². The molecule has 0 atom stereocenters. The van der Waals surface area contributed by atoms with Crippen LogP contribution in [0.4, 0.5) is 0 Å². The smallest absolute Gasteiger partial charge is 0.338 e. The molecule has 0 saturated heterocycles. The molecule has 0 N–H and O–H groups in total. The summed E-state index contributed by atoms with van der Waals surface area (Å²) < 4.78 is 7.06. The molecule has 1 rings (SSSR count). The molecule has 0 unspecified atom stereocenters. The molecule has 15 heavy (non-hydrogen) atoms. The molecule has 0 aliphatic rings. The van der Waals surface area contributed by atoms with Crippen LogP contribution in [0.15, 0.2) is 22.7 Å². The van der Waals surface area contributed by atoms with Gasteiger partial charge in [0.1, 0.15) is 0 Å². The molecule has 0 aliphatic heterocycles. The highest BCUT2D eigenvalue weighted by Gasteiger charge is 2.08. The maximum atomic E-state index is 11.5. The Kier molecular flexibility index (Phi) is 5.84. The first-order valence-corrected chi connectivity index (χ1v) is 7.00. The van der Waals surface area contributed by atoms with Gasteiger partial charge in [-0.15, -0.1) is 0 Å². The number of benzene rings is 1. The number of carbonyl (C=O) groups is 1. The highest BCUT2D eigenvalue weighted by Crippen LogP contribution is 2.20. The molecule has 0 amide bonds. The number of halogens is 2. The van der Waals surface area contributed by atoms with Crippen molar-refractivity contribution in [3.63, 3.8) is 0 Å². The number of carbonyl (C=O) groups excluding carboxylic acids is 1. The molecule has 0 bridgehead atoms. The van der Waals surface area contributed by atoms with Crippen molar-refractivity contribution in [3.05, 3.63) is 31.8 Å². The highest BCUT2D eigenvalue weighted by molar-refractivity contribution is 14.1. The summed E-state index contributed by atoms with van der Waals surface area (Å²) in [5, 5.41) is 0. The molecule has 1 aromatic carbocycles. The van der Waals surface area contributed by atoms with Crippen LogP contribution in [0.3, 0.4) is 0 Å². The van der Waals surface area contributed by atoms with Gasteiger partial charge in [0.2, 0.25) is 0 Å². The van der Waals surface area contributed by atoms with Crippen LogP contribution in [-0.2, 0) is 4.74 Å². The molecule has 5 heteroatoms. The zero-order chi connectivity index (χ0) is 11.3. The molecule has 0 spiro atoms. The van der Waals surface area contributed by atoms with Crippen LogP contribution in [0.1, 0.15) is 16.8 Å². The van der Waals surface area contributed by atoms with Crippen molar-refractivity contribution in [3.8, 4) is 0 Å². The molecule has 79 valence electrons. The van der Waals surface area contributed by atoms with Crippen LogP contribution in [-0.4, -0.2) is 22.8 Å². The predicted octanol–water partition coefficient (Wildman–Crippen LogP) is 3.19. The molecular formula is C10H9BrIO2Si. The van der Waals surface area contributed by atoms with Gasteiger partial charge in [-0.3, -0.25) is 0 Å². The molecule has 0 saturated carbocycles. The zero-order valence-electron chi connectivity index (χ0n) is 7.93. The minimum absolute atomic E-state index is 0.263. The number of rotatable bonds is 4. The Morgan fingerprint density at radius 2 is 2.27 bits per heavy atom. The van der Waals surface area contributed by atoms with E-state index in [4.69, 9.17) is 4.74 Å². The Morgan fingerprint density at radius 3 is 2.87 bits per heavy atom. The van der Waals surface area contributed by atoms with Gasteiger partial charge in [0.25, 0.3) is 0 Å². The third-order valence-electron chi connectivity index (χ3n) is 1.71. The molecular weight excluding hydrogens is 387 g/mol. The predicted molar refractivity (Wildman–Crippen MR) is 72.3 cm³/mol. The van der Waals surface area contributed by atoms with Gasteiger partial charge in [-0.25, -0.2) is 4.79 Å². The van der Waals surface area contributed by atoms with E-state index in [0.717, 1.165) is 20.5 Å². The zero-order valence-corrected chi connectivity index (χ0v) is 12.7. The van der Waals surface area contributed by atoms with E-state index in [1.807, 2.05) is 6.07 Å². The fraction of sp³-hybridized carbons (Fsp3) is 0.300. The molecule has 0 heterocycles. The van der Waals surface area contributed by atoms with E-state index in [-0.39, 0.29) is 5.97 Å². The third-order valence-corrected chi connectivity index (χ3v) is 4.39. The van der Waals surface area contributed by atoms with Crippen LogP contribution in [0.5, 0.6) is 0 Å². The third kappa shape index (κ3) is 4.24. The number of esters is 1. The van der Waals surface area contributed by atoms with Crippen molar-refractivity contribution in [2.75, 3.05) is 6.61 Å². The standard InChI is InChI=1S/C10H9BrIO2Si/c11-8-3-2-7(6-9(8)12)10(13)14-4-1-5-15/h2-3,6H,1,4-5H2. The van der Waals surface area contributed by atoms with Crippen molar-refractivity contribution >= 4 is 54.7 Å². The van der Waals surface area contributed by atoms with Crippen molar-refractivity contribution in [2.24, 2.45) is 0 Å². The van der Waals surface area contributed by atoms with E-state index in [0.29, 0.717) is 12.2 Å². The van der Waals surface area contributed by atoms with Gasteiger partial charge in [-0.05, 0) is 63.1 Å². The number of hydrogen-bond donors (Lipinski definition) is 0. The van der Waals surface area contributed by atoms with E-state index in [1.54, 1.807) is 12.1 Å². The SMILES string of the molecule is O=C(OCCC[Si])c1ccc(Br)c(I)c1. The Morgan fingerprint density at radius 1 is 1.53 bits per heavy atom. The maximum absolute atomic E-state index is 11.5. The maximum Gasteiger partial charge on any atom is 0.338 e. The second-order valence-corrected chi connectivity index (χ2v) is 5.38. The van der Waals surface area contributed by atoms with Gasteiger partial charge in [0.15, 0.2) is 0 Å². The quantitative estimate of drug-likeness (QED) is 0.338. The van der Waals surface area contributed by atoms with Crippen LogP contribution >= 0.6 is 38.5 Å². The summed E-state index contributed by atoms with van der Waals surface area (Å²) >= 11 is 5.54. The fourth-order valence-corrected chi connectivity index (χ4v) is 1.85. The minimum atomic E-state index is -0.263. The largest absolute Gasteiger partial charge is 0.462 e. The first kappa shape index (κ1) is 13.2. The summed E-state index contributed by atoms with van der Waals surface area (Å²) in [5.74, 6) is -0.263. The lowest BCUT2D eigenvalue weighted by molar-refractivity contribution is 0.0505. The van der Waals surface area contributed by atoms with Crippen LogP contribution in [0, 0.1) is 3.57 Å². The van der Waals surface area contributed by atoms with Crippen LogP contribution < -0.4 is 0 Å². The first-order chi connectivity index (χ1) is 7.15. The van der Waals surface area contributed by atoms with Crippen molar-refractivity contribution in [1.82, 2.24) is 0 Å². The van der Waals surface area contributed by atoms with E-state index < -0.39 is 0 Å². The number of hydrogen-bond acceptors (Lipinski definition) is 2. The minimum Gasteiger partial charge on any atom is -0.462 e. The highest BCUT2D eigenvalue weighted by atomic mass is 127. The normalized spacial score (nSPS) is 10.1. The molecule has 0 aliphatic carbocycles. The first-order valence-electron chi connectivity index (χ1n) is 4.42. The summed E-state index contributed by atoms with van der Waals surface area (Å²) in [5.41, 5.74) is 0.594. The summed E-state index contributed by atoms with van der Waals surface area (Å²) in [6.07, 6.45) is 0.830. The second-order valence-electron chi connectivity index (χ2n) is 2.87. The van der Waals surface area contributed by atoms with Gasteiger partial charge >= 0.3 is 5.97 Å². The van der Waals surface area contributed by atoms with E-state index >= 15 is 0 Å². The molecule has 0 fully saturated rings. The van der Waals surface area contributed by atoms with Gasteiger partial charge in [-0.2, -0.15) is 0 Å². The monoisotopic (exact) mass is 395 g/mol. The van der Waals surface area contributed by atoms with Gasteiger partial charge in [-0.1, -0.05) is 6.04 Å². The van der Waals surface area contributed by atoms with Crippen molar-refractivity contribution in [2.45, 2.75) is 12.5 Å². The lowest BCUT2D eigenvalue weighted by Gasteiger charge is -2.04. The van der Waals surface area contributed by atoms with Gasteiger partial charge in [0, 0.05) is 18.3 Å². The lowest BCUT2D eigenvalue weighted by atomic mass is 10.2. The second kappa shape index (κ2) is 6.65. The fourth-order valence-electron chi connectivity index (χ4n) is 0.943. The van der Waals surface area contributed by atoms with E-state index in [1.165, 1.54) is 0 Å². The van der Waals surface area contributed by atoms with Gasteiger partial charge in [0.05, 0.1) is 12.2 Å². The summed E-state index contributed by atoms with van der Waals surface area (Å²) in [6, 6.07) is 6.25. The van der Waals surface area contributed by atoms with E-state index in [2.05, 4.69) is 48.8 Å². The lowest BCUT2D eigenvalue weighted by Crippen LogP contribution is -2.06. The Balaban J connectivity index is 2.62. The molecule has 2 nitrogen and oxygen atoms in total. The molecule has 0 aromatic heterocycles. The summed E-state index contributed by atoms with van der Waals surface area (Å²) in [4.78, 5) is 11.5. The average Bonchev–Trinajstić information content (AvgIpc) is 2.22. The Hall–Kier alpha value is 0.117. The molecule has 3 radical (unpaired) electrons. The number of ether oxygens (including phenoxy) is 1. The molecule has 1 aromatic rings. The average molecular weight is 396 g/mol. The van der Waals surface area contributed by atoms with Crippen molar-refractivity contribution in [1.29, 1.82) is 0 Å². The Labute approximate surface area is 114 Å². The van der Waals surface area contributed by atoms with Gasteiger partial charge < -0.3 is 4.74 Å². The summed E-state index contributed by atoms with van der Waals surface area (Å²) in [7, 11) is 3.32. The Bertz CT molecular complexity index is 357. The van der Waals surface area contributed by atoms with Crippen LogP contribution in [0.2, 0.25) is 6.04 Å². The summed E-state index contributed by atoms with van der Waals surface area (Å²) in [6.45, 7) is 0.453.